The lowest BCUT2D eigenvalue weighted by Crippen LogP contribution is -2.31. The summed E-state index contributed by atoms with van der Waals surface area (Å²) in [6.45, 7) is 1.20. The molecule has 0 saturated heterocycles. The van der Waals surface area contributed by atoms with Gasteiger partial charge >= 0.3 is 0 Å². The van der Waals surface area contributed by atoms with Gasteiger partial charge < -0.3 is 15.7 Å². The fourth-order valence-corrected chi connectivity index (χ4v) is 1.71. The Balaban J connectivity index is 2.23. The molecule has 15 heavy (non-hydrogen) atoms. The average Bonchev–Trinajstić information content (AvgIpc) is 3.10. The highest BCUT2D eigenvalue weighted by Gasteiger charge is 2.30. The van der Waals surface area contributed by atoms with E-state index >= 15 is 0 Å². The Morgan fingerprint density at radius 1 is 1.53 bits per heavy atom. The normalized spacial score (nSPS) is 15.3. The fraction of sp³-hybridized carbons (Fsp3) is 0.600. The average molecular weight is 208 g/mol. The molecule has 0 amide bonds. The van der Waals surface area contributed by atoms with Crippen molar-refractivity contribution in [2.24, 2.45) is 5.73 Å². The van der Waals surface area contributed by atoms with Gasteiger partial charge in [0.15, 0.2) is 5.82 Å². The first kappa shape index (κ1) is 10.3. The van der Waals surface area contributed by atoms with E-state index in [1.165, 1.54) is 12.8 Å². The van der Waals surface area contributed by atoms with Crippen molar-refractivity contribution in [2.75, 3.05) is 18.1 Å². The van der Waals surface area contributed by atoms with Crippen molar-refractivity contribution in [3.8, 4) is 0 Å². The van der Waals surface area contributed by atoms with E-state index in [1.807, 2.05) is 6.07 Å². The first-order chi connectivity index (χ1) is 7.36. The third-order valence-corrected chi connectivity index (χ3v) is 2.60. The largest absolute Gasteiger partial charge is 0.395 e. The Hall–Kier alpha value is -1.20. The second-order valence-electron chi connectivity index (χ2n) is 3.73. The Labute approximate surface area is 88.9 Å². The second kappa shape index (κ2) is 4.55. The third-order valence-electron chi connectivity index (χ3n) is 2.60. The molecule has 1 aliphatic carbocycles. The molecule has 1 aromatic heterocycles. The number of hydrogen-bond acceptors (Lipinski definition) is 5. The zero-order valence-corrected chi connectivity index (χ0v) is 8.63. The van der Waals surface area contributed by atoms with Gasteiger partial charge in [-0.25, -0.2) is 0 Å². The smallest absolute Gasteiger partial charge is 0.156 e. The predicted molar refractivity (Wildman–Crippen MR) is 57.4 cm³/mol. The highest BCUT2D eigenvalue weighted by molar-refractivity contribution is 5.47. The van der Waals surface area contributed by atoms with Crippen LogP contribution in [-0.2, 0) is 6.54 Å². The van der Waals surface area contributed by atoms with Gasteiger partial charge in [0.2, 0.25) is 0 Å². The zero-order chi connectivity index (χ0) is 10.7. The van der Waals surface area contributed by atoms with Crippen LogP contribution in [0.1, 0.15) is 18.4 Å². The first-order valence-corrected chi connectivity index (χ1v) is 5.25. The van der Waals surface area contributed by atoms with Gasteiger partial charge in [-0.05, 0) is 18.9 Å². The minimum Gasteiger partial charge on any atom is -0.395 e. The van der Waals surface area contributed by atoms with Crippen molar-refractivity contribution in [2.45, 2.75) is 25.4 Å². The molecule has 5 heteroatoms. The molecule has 2 rings (SSSR count). The van der Waals surface area contributed by atoms with Crippen molar-refractivity contribution in [3.63, 3.8) is 0 Å². The van der Waals surface area contributed by atoms with Gasteiger partial charge in [0, 0.05) is 24.7 Å². The van der Waals surface area contributed by atoms with Crippen LogP contribution in [0.25, 0.3) is 0 Å². The summed E-state index contributed by atoms with van der Waals surface area (Å²) >= 11 is 0. The molecule has 0 spiro atoms. The van der Waals surface area contributed by atoms with E-state index in [4.69, 9.17) is 10.8 Å². The number of rotatable bonds is 5. The van der Waals surface area contributed by atoms with Crippen LogP contribution in [0.3, 0.4) is 0 Å². The fourth-order valence-electron chi connectivity index (χ4n) is 1.71. The Morgan fingerprint density at radius 3 is 2.93 bits per heavy atom. The van der Waals surface area contributed by atoms with E-state index in [9.17, 15) is 0 Å². The highest BCUT2D eigenvalue weighted by Crippen LogP contribution is 2.31. The standard InChI is InChI=1S/C10H16N4O/c11-7-8-3-4-12-13-10(8)14(5-6-15)9-1-2-9/h3-4,9,15H,1-2,5-7,11H2. The number of aliphatic hydroxyl groups excluding tert-OH is 1. The molecule has 0 atom stereocenters. The van der Waals surface area contributed by atoms with Gasteiger partial charge in [-0.3, -0.25) is 0 Å². The maximum atomic E-state index is 9.02. The molecule has 0 radical (unpaired) electrons. The SMILES string of the molecule is NCc1ccnnc1N(CCO)C1CC1. The van der Waals surface area contributed by atoms with E-state index in [0.29, 0.717) is 19.1 Å². The van der Waals surface area contributed by atoms with Crippen LogP contribution < -0.4 is 10.6 Å². The van der Waals surface area contributed by atoms with E-state index in [2.05, 4.69) is 15.1 Å². The summed E-state index contributed by atoms with van der Waals surface area (Å²) in [4.78, 5) is 2.11. The third kappa shape index (κ3) is 2.24. The van der Waals surface area contributed by atoms with Gasteiger partial charge in [-0.1, -0.05) is 0 Å². The summed E-state index contributed by atoms with van der Waals surface area (Å²) < 4.78 is 0. The Morgan fingerprint density at radius 2 is 2.33 bits per heavy atom. The number of aromatic nitrogens is 2. The molecule has 1 heterocycles. The van der Waals surface area contributed by atoms with Crippen LogP contribution in [-0.4, -0.2) is 34.5 Å². The summed E-state index contributed by atoms with van der Waals surface area (Å²) in [6.07, 6.45) is 3.98. The minimum atomic E-state index is 0.136. The van der Waals surface area contributed by atoms with Gasteiger partial charge in [0.1, 0.15) is 0 Å². The van der Waals surface area contributed by atoms with Gasteiger partial charge in [0.25, 0.3) is 0 Å². The molecule has 1 aliphatic rings. The maximum Gasteiger partial charge on any atom is 0.156 e. The molecule has 3 N–H and O–H groups in total. The number of nitrogens with zero attached hydrogens (tertiary/aromatic N) is 3. The molecule has 1 aromatic rings. The lowest BCUT2D eigenvalue weighted by molar-refractivity contribution is 0.301. The zero-order valence-electron chi connectivity index (χ0n) is 8.63. The van der Waals surface area contributed by atoms with Crippen LogP contribution in [0, 0.1) is 0 Å². The minimum absolute atomic E-state index is 0.136. The lowest BCUT2D eigenvalue weighted by Gasteiger charge is -2.23. The molecule has 5 nitrogen and oxygen atoms in total. The lowest BCUT2D eigenvalue weighted by atomic mass is 10.2. The molecule has 82 valence electrons. The van der Waals surface area contributed by atoms with Crippen molar-refractivity contribution in [3.05, 3.63) is 17.8 Å². The van der Waals surface area contributed by atoms with Crippen LogP contribution in [0.2, 0.25) is 0 Å². The molecular weight excluding hydrogens is 192 g/mol. The monoisotopic (exact) mass is 208 g/mol. The number of anilines is 1. The van der Waals surface area contributed by atoms with Crippen molar-refractivity contribution < 1.29 is 5.11 Å². The quantitative estimate of drug-likeness (QED) is 0.706. The molecule has 0 unspecified atom stereocenters. The second-order valence-corrected chi connectivity index (χ2v) is 3.73. The summed E-state index contributed by atoms with van der Waals surface area (Å²) in [6, 6.07) is 2.40. The topological polar surface area (TPSA) is 75.3 Å². The van der Waals surface area contributed by atoms with Crippen LogP contribution in [0.5, 0.6) is 0 Å². The van der Waals surface area contributed by atoms with Crippen molar-refractivity contribution >= 4 is 5.82 Å². The van der Waals surface area contributed by atoms with Crippen molar-refractivity contribution in [1.82, 2.24) is 10.2 Å². The number of nitrogens with two attached hydrogens (primary N) is 1. The van der Waals surface area contributed by atoms with E-state index in [-0.39, 0.29) is 6.61 Å². The molecule has 0 aliphatic heterocycles. The van der Waals surface area contributed by atoms with Gasteiger partial charge in [-0.15, -0.1) is 5.10 Å². The van der Waals surface area contributed by atoms with Crippen LogP contribution >= 0.6 is 0 Å². The van der Waals surface area contributed by atoms with Gasteiger partial charge in [0.05, 0.1) is 12.8 Å². The molecule has 1 fully saturated rings. The van der Waals surface area contributed by atoms with Gasteiger partial charge in [-0.2, -0.15) is 5.10 Å². The van der Waals surface area contributed by atoms with E-state index in [0.717, 1.165) is 11.4 Å². The Bertz CT molecular complexity index is 327. The molecule has 1 saturated carbocycles. The first-order valence-electron chi connectivity index (χ1n) is 5.25. The summed E-state index contributed by atoms with van der Waals surface area (Å²) in [5, 5.41) is 17.0. The number of aliphatic hydroxyl groups is 1. The predicted octanol–water partition coefficient (Wildman–Crippen LogP) is -0.104. The molecular formula is C10H16N4O. The number of hydrogen-bond donors (Lipinski definition) is 2. The van der Waals surface area contributed by atoms with E-state index < -0.39 is 0 Å². The van der Waals surface area contributed by atoms with Crippen molar-refractivity contribution in [1.29, 1.82) is 0 Å². The maximum absolute atomic E-state index is 9.02. The summed E-state index contributed by atoms with van der Waals surface area (Å²) in [5.74, 6) is 0.830. The summed E-state index contributed by atoms with van der Waals surface area (Å²) in [5.41, 5.74) is 6.64. The van der Waals surface area contributed by atoms with Crippen LogP contribution in [0.4, 0.5) is 5.82 Å². The van der Waals surface area contributed by atoms with Crippen LogP contribution in [0.15, 0.2) is 12.3 Å². The molecule has 0 bridgehead atoms. The Kier molecular flexibility index (Phi) is 3.13. The van der Waals surface area contributed by atoms with E-state index in [1.54, 1.807) is 6.20 Å². The summed E-state index contributed by atoms with van der Waals surface area (Å²) in [7, 11) is 0. The highest BCUT2D eigenvalue weighted by atomic mass is 16.3. The molecule has 0 aromatic carbocycles.